The van der Waals surface area contributed by atoms with E-state index in [2.05, 4.69) is 10.3 Å². The first kappa shape index (κ1) is 8.20. The summed E-state index contributed by atoms with van der Waals surface area (Å²) in [4.78, 5) is 0. The Kier molecular flexibility index (Phi) is 1.95. The third-order valence-corrected chi connectivity index (χ3v) is 1.69. The van der Waals surface area contributed by atoms with Gasteiger partial charge in [-0.15, -0.1) is 5.10 Å². The lowest BCUT2D eigenvalue weighted by molar-refractivity contribution is 0.215. The molecular formula is C7H13N3O. The summed E-state index contributed by atoms with van der Waals surface area (Å²) < 4.78 is 1.63. The molecule has 0 fully saturated rings. The van der Waals surface area contributed by atoms with E-state index in [9.17, 15) is 0 Å². The lowest BCUT2D eigenvalue weighted by atomic mass is 9.91. The van der Waals surface area contributed by atoms with Gasteiger partial charge in [0.2, 0.25) is 0 Å². The van der Waals surface area contributed by atoms with Gasteiger partial charge in [-0.25, -0.2) is 0 Å². The molecule has 1 heterocycles. The van der Waals surface area contributed by atoms with Crippen LogP contribution in [0.1, 0.15) is 19.5 Å². The molecule has 0 aliphatic carbocycles. The number of nitrogens with zero attached hydrogens (tertiary/aromatic N) is 3. The number of aromatic nitrogens is 3. The van der Waals surface area contributed by atoms with Crippen molar-refractivity contribution in [3.8, 4) is 0 Å². The van der Waals surface area contributed by atoms with Gasteiger partial charge in [-0.3, -0.25) is 4.68 Å². The van der Waals surface area contributed by atoms with Crippen LogP contribution in [0.3, 0.4) is 0 Å². The third kappa shape index (κ3) is 1.57. The van der Waals surface area contributed by atoms with Crippen LogP contribution in [0.25, 0.3) is 0 Å². The lowest BCUT2D eigenvalue weighted by Crippen LogP contribution is -2.22. The summed E-state index contributed by atoms with van der Waals surface area (Å²) >= 11 is 0. The summed E-state index contributed by atoms with van der Waals surface area (Å²) in [7, 11) is 1.81. The molecule has 0 saturated heterocycles. The Hall–Kier alpha value is -0.900. The maximum atomic E-state index is 8.98. The minimum Gasteiger partial charge on any atom is -0.395 e. The first-order valence-electron chi connectivity index (χ1n) is 3.54. The van der Waals surface area contributed by atoms with Gasteiger partial charge >= 0.3 is 0 Å². The minimum atomic E-state index is -0.283. The highest BCUT2D eigenvalue weighted by atomic mass is 16.3. The molecule has 0 spiro atoms. The van der Waals surface area contributed by atoms with E-state index < -0.39 is 0 Å². The Morgan fingerprint density at radius 3 is 2.64 bits per heavy atom. The van der Waals surface area contributed by atoms with Crippen molar-refractivity contribution < 1.29 is 5.11 Å². The zero-order chi connectivity index (χ0) is 8.48. The number of rotatable bonds is 2. The Balaban J connectivity index is 2.92. The number of aryl methyl sites for hydroxylation is 1. The van der Waals surface area contributed by atoms with Gasteiger partial charge in [-0.05, 0) is 0 Å². The van der Waals surface area contributed by atoms with E-state index in [1.54, 1.807) is 4.68 Å². The molecule has 0 unspecified atom stereocenters. The number of aliphatic hydroxyl groups excluding tert-OH is 1. The summed E-state index contributed by atoms with van der Waals surface area (Å²) in [6.07, 6.45) is 1.82. The van der Waals surface area contributed by atoms with Crippen molar-refractivity contribution in [1.29, 1.82) is 0 Å². The molecule has 0 radical (unpaired) electrons. The molecule has 0 atom stereocenters. The molecular weight excluding hydrogens is 142 g/mol. The van der Waals surface area contributed by atoms with Crippen molar-refractivity contribution in [3.63, 3.8) is 0 Å². The predicted molar refractivity (Wildman–Crippen MR) is 41.1 cm³/mol. The maximum Gasteiger partial charge on any atom is 0.0905 e. The lowest BCUT2D eigenvalue weighted by Gasteiger charge is -2.17. The van der Waals surface area contributed by atoms with Gasteiger partial charge in [0.05, 0.1) is 12.3 Å². The topological polar surface area (TPSA) is 50.9 Å². The normalized spacial score (nSPS) is 12.0. The zero-order valence-electron chi connectivity index (χ0n) is 7.07. The summed E-state index contributed by atoms with van der Waals surface area (Å²) in [6.45, 7) is 3.94. The second-order valence-corrected chi connectivity index (χ2v) is 3.32. The summed E-state index contributed by atoms with van der Waals surface area (Å²) in [6, 6.07) is 0. The molecule has 1 N–H and O–H groups in total. The van der Waals surface area contributed by atoms with Crippen molar-refractivity contribution in [2.45, 2.75) is 19.3 Å². The Labute approximate surface area is 65.8 Å². The fraction of sp³-hybridized carbons (Fsp3) is 0.714. The molecule has 0 bridgehead atoms. The molecule has 0 aliphatic heterocycles. The zero-order valence-corrected chi connectivity index (χ0v) is 7.07. The van der Waals surface area contributed by atoms with Gasteiger partial charge in [0.25, 0.3) is 0 Å². The van der Waals surface area contributed by atoms with Crippen LogP contribution >= 0.6 is 0 Å². The molecule has 1 rings (SSSR count). The highest BCUT2D eigenvalue weighted by Crippen LogP contribution is 2.18. The average Bonchev–Trinajstić information content (AvgIpc) is 2.36. The summed E-state index contributed by atoms with van der Waals surface area (Å²) in [5.41, 5.74) is 0.538. The molecule has 0 amide bonds. The van der Waals surface area contributed by atoms with E-state index in [-0.39, 0.29) is 12.0 Å². The fourth-order valence-electron chi connectivity index (χ4n) is 0.738. The highest BCUT2D eigenvalue weighted by Gasteiger charge is 2.22. The van der Waals surface area contributed by atoms with E-state index in [1.807, 2.05) is 27.1 Å². The SMILES string of the molecule is Cn1cc(C(C)(C)CO)nn1. The molecule has 1 aromatic rings. The van der Waals surface area contributed by atoms with Crippen molar-refractivity contribution >= 4 is 0 Å². The Morgan fingerprint density at radius 1 is 1.64 bits per heavy atom. The van der Waals surface area contributed by atoms with Gasteiger partial charge in [0.1, 0.15) is 0 Å². The van der Waals surface area contributed by atoms with Crippen LogP contribution in [0.5, 0.6) is 0 Å². The van der Waals surface area contributed by atoms with E-state index in [0.717, 1.165) is 5.69 Å². The summed E-state index contributed by atoms with van der Waals surface area (Å²) in [5, 5.41) is 16.7. The molecule has 0 aromatic carbocycles. The second kappa shape index (κ2) is 2.62. The molecule has 4 nitrogen and oxygen atoms in total. The highest BCUT2D eigenvalue weighted by molar-refractivity contribution is 5.08. The summed E-state index contributed by atoms with van der Waals surface area (Å²) in [5.74, 6) is 0. The van der Waals surface area contributed by atoms with Crippen LogP contribution in [-0.4, -0.2) is 26.7 Å². The molecule has 4 heteroatoms. The maximum absolute atomic E-state index is 8.98. The van der Waals surface area contributed by atoms with Crippen molar-refractivity contribution in [3.05, 3.63) is 11.9 Å². The predicted octanol–water partition coefficient (Wildman–Crippen LogP) is 0.0850. The van der Waals surface area contributed by atoms with Crippen molar-refractivity contribution in [2.75, 3.05) is 6.61 Å². The fourth-order valence-corrected chi connectivity index (χ4v) is 0.738. The van der Waals surface area contributed by atoms with Gasteiger partial charge in [0, 0.05) is 18.7 Å². The molecule has 1 aromatic heterocycles. The van der Waals surface area contributed by atoms with E-state index in [0.29, 0.717) is 0 Å². The standard InChI is InChI=1S/C7H13N3O/c1-7(2,5-11)6-4-10(3)9-8-6/h4,11H,5H2,1-3H3. The minimum absolute atomic E-state index is 0.0890. The smallest absolute Gasteiger partial charge is 0.0905 e. The van der Waals surface area contributed by atoms with Gasteiger partial charge in [-0.2, -0.15) is 0 Å². The molecule has 0 aliphatic rings. The number of hydrogen-bond acceptors (Lipinski definition) is 3. The molecule has 62 valence electrons. The van der Waals surface area contributed by atoms with Crippen LogP contribution in [0.2, 0.25) is 0 Å². The van der Waals surface area contributed by atoms with E-state index in [4.69, 9.17) is 5.11 Å². The Morgan fingerprint density at radius 2 is 2.27 bits per heavy atom. The van der Waals surface area contributed by atoms with Crippen LogP contribution < -0.4 is 0 Å². The van der Waals surface area contributed by atoms with Gasteiger partial charge < -0.3 is 5.11 Å². The average molecular weight is 155 g/mol. The number of hydrogen-bond donors (Lipinski definition) is 1. The monoisotopic (exact) mass is 155 g/mol. The van der Waals surface area contributed by atoms with Crippen LogP contribution in [0.4, 0.5) is 0 Å². The Bertz CT molecular complexity index is 242. The van der Waals surface area contributed by atoms with Crippen molar-refractivity contribution in [2.24, 2.45) is 7.05 Å². The van der Waals surface area contributed by atoms with Gasteiger partial charge in [-0.1, -0.05) is 19.1 Å². The van der Waals surface area contributed by atoms with Crippen LogP contribution in [-0.2, 0) is 12.5 Å². The van der Waals surface area contributed by atoms with Crippen LogP contribution in [0.15, 0.2) is 6.20 Å². The van der Waals surface area contributed by atoms with Gasteiger partial charge in [0.15, 0.2) is 0 Å². The van der Waals surface area contributed by atoms with E-state index in [1.165, 1.54) is 0 Å². The van der Waals surface area contributed by atoms with Crippen molar-refractivity contribution in [1.82, 2.24) is 15.0 Å². The van der Waals surface area contributed by atoms with E-state index >= 15 is 0 Å². The first-order chi connectivity index (χ1) is 5.06. The number of aliphatic hydroxyl groups is 1. The quantitative estimate of drug-likeness (QED) is 0.658. The third-order valence-electron chi connectivity index (χ3n) is 1.69. The first-order valence-corrected chi connectivity index (χ1v) is 3.54. The molecule has 11 heavy (non-hydrogen) atoms. The largest absolute Gasteiger partial charge is 0.395 e. The van der Waals surface area contributed by atoms with Crippen LogP contribution in [0, 0.1) is 0 Å². The molecule has 0 saturated carbocycles. The second-order valence-electron chi connectivity index (χ2n) is 3.32.